The number of amides is 2. The van der Waals surface area contributed by atoms with Gasteiger partial charge >= 0.3 is 5.97 Å². The lowest BCUT2D eigenvalue weighted by atomic mass is 10.2. The fourth-order valence-electron chi connectivity index (χ4n) is 1.85. The van der Waals surface area contributed by atoms with Gasteiger partial charge in [-0.15, -0.1) is 0 Å². The Morgan fingerprint density at radius 2 is 1.84 bits per heavy atom. The molecular weight excluding hydrogens is 392 g/mol. The maximum absolute atomic E-state index is 12.0. The van der Waals surface area contributed by atoms with Gasteiger partial charge in [-0.25, -0.2) is 0 Å². The van der Waals surface area contributed by atoms with Crippen molar-refractivity contribution in [3.63, 3.8) is 0 Å². The third-order valence-corrected chi connectivity index (χ3v) is 3.61. The minimum atomic E-state index is -0.997. The van der Waals surface area contributed by atoms with Crippen molar-refractivity contribution in [1.82, 2.24) is 5.32 Å². The second kappa shape index (κ2) is 8.48. The molecule has 0 saturated heterocycles. The van der Waals surface area contributed by atoms with E-state index in [0.29, 0.717) is 10.4 Å². The third kappa shape index (κ3) is 5.75. The summed E-state index contributed by atoms with van der Waals surface area (Å²) in [5, 5.41) is 5.00. The normalized spacial score (nSPS) is 11.5. The van der Waals surface area contributed by atoms with E-state index in [1.807, 2.05) is 19.1 Å². The summed E-state index contributed by atoms with van der Waals surface area (Å²) >= 11 is 3.08. The van der Waals surface area contributed by atoms with E-state index in [0.717, 1.165) is 5.56 Å². The maximum atomic E-state index is 12.0. The van der Waals surface area contributed by atoms with Crippen LogP contribution in [0.3, 0.4) is 0 Å². The summed E-state index contributed by atoms with van der Waals surface area (Å²) < 4.78 is 10.5. The zero-order chi connectivity index (χ0) is 18.4. The molecule has 1 aromatic carbocycles. The van der Waals surface area contributed by atoms with Gasteiger partial charge in [-0.05, 0) is 54.0 Å². The number of nitrogens with one attached hydrogen (secondary N) is 2. The molecule has 0 unspecified atom stereocenters. The van der Waals surface area contributed by atoms with Crippen molar-refractivity contribution in [1.29, 1.82) is 0 Å². The number of hydrogen-bond donors (Lipinski definition) is 2. The van der Waals surface area contributed by atoms with Gasteiger partial charge in [-0.3, -0.25) is 14.4 Å². The maximum Gasteiger partial charge on any atom is 0.326 e. The molecule has 0 bridgehead atoms. The van der Waals surface area contributed by atoms with E-state index in [1.165, 1.54) is 13.0 Å². The van der Waals surface area contributed by atoms with Crippen LogP contribution in [0.2, 0.25) is 0 Å². The fourth-order valence-corrected chi connectivity index (χ4v) is 2.16. The van der Waals surface area contributed by atoms with Crippen LogP contribution in [0, 0.1) is 6.92 Å². The van der Waals surface area contributed by atoms with E-state index < -0.39 is 23.9 Å². The topological polar surface area (TPSA) is 97.6 Å². The quantitative estimate of drug-likeness (QED) is 0.715. The number of halogens is 1. The zero-order valence-corrected chi connectivity index (χ0v) is 15.3. The van der Waals surface area contributed by atoms with Crippen LogP contribution in [0.4, 0.5) is 5.69 Å². The molecule has 7 nitrogen and oxygen atoms in total. The molecule has 25 heavy (non-hydrogen) atoms. The molecule has 0 aliphatic carbocycles. The molecule has 0 aliphatic rings. The summed E-state index contributed by atoms with van der Waals surface area (Å²) in [4.78, 5) is 35.5. The second-order valence-corrected chi connectivity index (χ2v) is 6.06. The van der Waals surface area contributed by atoms with E-state index in [1.54, 1.807) is 18.2 Å². The predicted molar refractivity (Wildman–Crippen MR) is 94.1 cm³/mol. The molecule has 1 aromatic heterocycles. The van der Waals surface area contributed by atoms with Crippen molar-refractivity contribution in [3.05, 3.63) is 52.4 Å². The van der Waals surface area contributed by atoms with Gasteiger partial charge in [-0.2, -0.15) is 0 Å². The Balaban J connectivity index is 1.78. The molecule has 0 spiro atoms. The minimum Gasteiger partial charge on any atom is -0.451 e. The number of ether oxygens (including phenoxy) is 1. The van der Waals surface area contributed by atoms with Crippen molar-refractivity contribution in [2.75, 3.05) is 11.9 Å². The second-order valence-electron chi connectivity index (χ2n) is 5.27. The highest BCUT2D eigenvalue weighted by Crippen LogP contribution is 2.13. The zero-order valence-electron chi connectivity index (χ0n) is 13.7. The van der Waals surface area contributed by atoms with E-state index in [-0.39, 0.29) is 12.3 Å². The Morgan fingerprint density at radius 1 is 1.16 bits per heavy atom. The Morgan fingerprint density at radius 3 is 2.44 bits per heavy atom. The van der Waals surface area contributed by atoms with Gasteiger partial charge in [0.1, 0.15) is 6.54 Å². The minimum absolute atomic E-state index is 0.0600. The molecule has 0 fully saturated rings. The number of hydrogen-bond acceptors (Lipinski definition) is 5. The van der Waals surface area contributed by atoms with Crippen molar-refractivity contribution >= 4 is 39.4 Å². The number of benzene rings is 1. The van der Waals surface area contributed by atoms with Crippen LogP contribution in [0.25, 0.3) is 0 Å². The Kier molecular flexibility index (Phi) is 6.35. The molecule has 1 heterocycles. The Bertz CT molecular complexity index is 770. The molecule has 0 saturated carbocycles. The Labute approximate surface area is 152 Å². The van der Waals surface area contributed by atoms with Crippen LogP contribution in [0.5, 0.6) is 0 Å². The van der Waals surface area contributed by atoms with Gasteiger partial charge in [0.25, 0.3) is 11.8 Å². The summed E-state index contributed by atoms with van der Waals surface area (Å²) in [7, 11) is 0. The molecule has 2 rings (SSSR count). The number of rotatable bonds is 6. The summed E-state index contributed by atoms with van der Waals surface area (Å²) in [6, 6.07) is 10.2. The van der Waals surface area contributed by atoms with Gasteiger partial charge < -0.3 is 19.8 Å². The first-order valence-electron chi connectivity index (χ1n) is 7.45. The van der Waals surface area contributed by atoms with Crippen LogP contribution < -0.4 is 10.6 Å². The largest absolute Gasteiger partial charge is 0.451 e. The van der Waals surface area contributed by atoms with Crippen LogP contribution in [-0.2, 0) is 14.3 Å². The van der Waals surface area contributed by atoms with Crippen molar-refractivity contribution in [2.45, 2.75) is 20.0 Å². The fraction of sp³-hybridized carbons (Fsp3) is 0.235. The lowest BCUT2D eigenvalue weighted by molar-refractivity contribution is -0.152. The highest BCUT2D eigenvalue weighted by atomic mass is 79.9. The van der Waals surface area contributed by atoms with Crippen molar-refractivity contribution in [3.8, 4) is 0 Å². The molecule has 2 aromatic rings. The molecular formula is C17H17BrN2O5. The van der Waals surface area contributed by atoms with E-state index >= 15 is 0 Å². The van der Waals surface area contributed by atoms with Gasteiger partial charge in [0, 0.05) is 5.69 Å². The smallest absolute Gasteiger partial charge is 0.326 e. The number of carbonyl (C=O) groups excluding carboxylic acids is 3. The van der Waals surface area contributed by atoms with Gasteiger partial charge in [0.15, 0.2) is 16.5 Å². The number of esters is 1. The standard InChI is InChI=1S/C17H17BrN2O5/c1-10-3-5-12(6-4-10)20-16(22)11(2)24-15(21)9-19-17(23)13-7-8-14(18)25-13/h3-8,11H,9H2,1-2H3,(H,19,23)(H,20,22)/t11-/m1/s1. The summed E-state index contributed by atoms with van der Waals surface area (Å²) in [5.74, 6) is -1.69. The monoisotopic (exact) mass is 408 g/mol. The molecule has 2 amide bonds. The van der Waals surface area contributed by atoms with Crippen LogP contribution >= 0.6 is 15.9 Å². The number of aryl methyl sites for hydroxylation is 1. The molecule has 2 N–H and O–H groups in total. The van der Waals surface area contributed by atoms with Crippen LogP contribution in [0.1, 0.15) is 23.0 Å². The first kappa shape index (κ1) is 18.7. The van der Waals surface area contributed by atoms with Crippen LogP contribution in [-0.4, -0.2) is 30.4 Å². The SMILES string of the molecule is Cc1ccc(NC(=O)[C@@H](C)OC(=O)CNC(=O)c2ccc(Br)o2)cc1. The number of carbonyl (C=O) groups is 3. The molecule has 132 valence electrons. The molecule has 8 heteroatoms. The lowest BCUT2D eigenvalue weighted by Crippen LogP contribution is -2.35. The van der Waals surface area contributed by atoms with E-state index in [4.69, 9.17) is 9.15 Å². The summed E-state index contributed by atoms with van der Waals surface area (Å²) in [5.41, 5.74) is 1.67. The molecule has 1 atom stereocenters. The van der Waals surface area contributed by atoms with Gasteiger partial charge in [0.05, 0.1) is 0 Å². The first-order chi connectivity index (χ1) is 11.8. The van der Waals surface area contributed by atoms with Crippen LogP contribution in [0.15, 0.2) is 45.5 Å². The highest BCUT2D eigenvalue weighted by molar-refractivity contribution is 9.10. The van der Waals surface area contributed by atoms with Crippen molar-refractivity contribution < 1.29 is 23.5 Å². The van der Waals surface area contributed by atoms with Gasteiger partial charge in [-0.1, -0.05) is 17.7 Å². The number of anilines is 1. The summed E-state index contributed by atoms with van der Waals surface area (Å²) in [6.07, 6.45) is -0.997. The van der Waals surface area contributed by atoms with Crippen molar-refractivity contribution in [2.24, 2.45) is 0 Å². The predicted octanol–water partition coefficient (Wildman–Crippen LogP) is 2.65. The van der Waals surface area contributed by atoms with Gasteiger partial charge in [0.2, 0.25) is 0 Å². The molecule has 0 radical (unpaired) electrons. The van der Waals surface area contributed by atoms with E-state index in [2.05, 4.69) is 26.6 Å². The highest BCUT2D eigenvalue weighted by Gasteiger charge is 2.19. The average molecular weight is 409 g/mol. The number of furan rings is 1. The van der Waals surface area contributed by atoms with E-state index in [9.17, 15) is 14.4 Å². The third-order valence-electron chi connectivity index (χ3n) is 3.19. The summed E-state index contributed by atoms with van der Waals surface area (Å²) in [6.45, 7) is 3.01. The Hall–Kier alpha value is -2.61. The lowest BCUT2D eigenvalue weighted by Gasteiger charge is -2.13. The average Bonchev–Trinajstić information content (AvgIpc) is 3.01. The first-order valence-corrected chi connectivity index (χ1v) is 8.25. The molecule has 0 aliphatic heterocycles.